The molecule has 0 unspecified atom stereocenters. The zero-order chi connectivity index (χ0) is 8.43. The van der Waals surface area contributed by atoms with Crippen LogP contribution in [0.4, 0.5) is 0 Å². The Hall–Kier alpha value is 0.200. The van der Waals surface area contributed by atoms with E-state index in [4.69, 9.17) is 23.2 Å². The molecular formula is C6H2Cl2NNaO2. The Kier molecular flexibility index (Phi) is 5.13. The monoisotopic (exact) mass is 213 g/mol. The number of carbonyl (C=O) groups excluding carboxylic acids is 1. The van der Waals surface area contributed by atoms with Gasteiger partial charge >= 0.3 is 29.6 Å². The van der Waals surface area contributed by atoms with Gasteiger partial charge in [0.05, 0.1) is 16.0 Å². The molecule has 0 amide bonds. The van der Waals surface area contributed by atoms with Crippen molar-refractivity contribution in [1.82, 2.24) is 4.98 Å². The van der Waals surface area contributed by atoms with Crippen LogP contribution in [-0.2, 0) is 0 Å². The number of carbonyl (C=O) groups is 1. The predicted octanol–water partition coefficient (Wildman–Crippen LogP) is -2.24. The number of carboxylic acids is 1. The molecule has 0 fully saturated rings. The first kappa shape index (κ1) is 12.2. The Morgan fingerprint density at radius 2 is 2.08 bits per heavy atom. The molecule has 12 heavy (non-hydrogen) atoms. The SMILES string of the molecule is O=C([O-])c1ncc(Cl)cc1Cl.[Na+]. The summed E-state index contributed by atoms with van der Waals surface area (Å²) >= 11 is 10.9. The Balaban J connectivity index is 0.00000121. The number of hydrogen-bond donors (Lipinski definition) is 0. The molecule has 1 aromatic heterocycles. The number of rotatable bonds is 1. The molecule has 0 aromatic carbocycles. The van der Waals surface area contributed by atoms with Crippen molar-refractivity contribution in [3.63, 3.8) is 0 Å². The van der Waals surface area contributed by atoms with Gasteiger partial charge in [0.2, 0.25) is 0 Å². The van der Waals surface area contributed by atoms with Crippen LogP contribution >= 0.6 is 23.2 Å². The molecule has 6 heteroatoms. The molecule has 0 bridgehead atoms. The quantitative estimate of drug-likeness (QED) is 0.496. The van der Waals surface area contributed by atoms with Crippen molar-refractivity contribution in [2.75, 3.05) is 0 Å². The second-order valence-corrected chi connectivity index (χ2v) is 2.62. The summed E-state index contributed by atoms with van der Waals surface area (Å²) in [5.74, 6) is -1.41. The minimum atomic E-state index is -1.41. The fourth-order valence-corrected chi connectivity index (χ4v) is 1.02. The molecule has 0 atom stereocenters. The molecule has 1 aromatic rings. The number of halogens is 2. The molecule has 3 nitrogen and oxygen atoms in total. The van der Waals surface area contributed by atoms with Crippen LogP contribution < -0.4 is 34.7 Å². The van der Waals surface area contributed by atoms with Crippen LogP contribution in [0.2, 0.25) is 10.0 Å². The number of pyridine rings is 1. The van der Waals surface area contributed by atoms with Gasteiger partial charge in [-0.15, -0.1) is 0 Å². The van der Waals surface area contributed by atoms with Crippen molar-refractivity contribution in [2.45, 2.75) is 0 Å². The number of aromatic carboxylic acids is 1. The molecule has 0 saturated carbocycles. The normalized spacial score (nSPS) is 8.83. The van der Waals surface area contributed by atoms with Gasteiger partial charge in [-0.25, -0.2) is 0 Å². The Morgan fingerprint density at radius 1 is 1.50 bits per heavy atom. The summed E-state index contributed by atoms with van der Waals surface area (Å²) < 4.78 is 0. The van der Waals surface area contributed by atoms with Crippen LogP contribution in [0.15, 0.2) is 12.3 Å². The van der Waals surface area contributed by atoms with Crippen molar-refractivity contribution in [1.29, 1.82) is 0 Å². The third-order valence-corrected chi connectivity index (χ3v) is 1.50. The van der Waals surface area contributed by atoms with Crippen molar-refractivity contribution < 1.29 is 39.5 Å². The summed E-state index contributed by atoms with van der Waals surface area (Å²) in [4.78, 5) is 13.7. The van der Waals surface area contributed by atoms with Gasteiger partial charge in [0.15, 0.2) is 0 Å². The van der Waals surface area contributed by atoms with Crippen LogP contribution in [0.1, 0.15) is 10.5 Å². The van der Waals surface area contributed by atoms with Crippen molar-refractivity contribution >= 4 is 29.2 Å². The summed E-state index contributed by atoms with van der Waals surface area (Å²) in [5, 5.41) is 10.5. The average Bonchev–Trinajstić information content (AvgIpc) is 1.85. The third kappa shape index (κ3) is 2.92. The summed E-state index contributed by atoms with van der Waals surface area (Å²) in [6.45, 7) is 0. The summed E-state index contributed by atoms with van der Waals surface area (Å²) in [6.07, 6.45) is 1.19. The van der Waals surface area contributed by atoms with E-state index >= 15 is 0 Å². The summed E-state index contributed by atoms with van der Waals surface area (Å²) in [7, 11) is 0. The van der Waals surface area contributed by atoms with Crippen LogP contribution in [0, 0.1) is 0 Å². The van der Waals surface area contributed by atoms with Crippen molar-refractivity contribution in [3.05, 3.63) is 28.0 Å². The van der Waals surface area contributed by atoms with Crippen molar-refractivity contribution in [2.24, 2.45) is 0 Å². The largest absolute Gasteiger partial charge is 1.00 e. The molecule has 0 radical (unpaired) electrons. The van der Waals surface area contributed by atoms with Gasteiger partial charge in [0.1, 0.15) is 5.69 Å². The minimum Gasteiger partial charge on any atom is -0.543 e. The maximum Gasteiger partial charge on any atom is 1.00 e. The zero-order valence-corrected chi connectivity index (χ0v) is 9.69. The van der Waals surface area contributed by atoms with E-state index in [0.29, 0.717) is 5.02 Å². The number of nitrogens with zero attached hydrogens (tertiary/aromatic N) is 1. The first-order valence-electron chi connectivity index (χ1n) is 2.63. The predicted molar refractivity (Wildman–Crippen MR) is 38.6 cm³/mol. The molecule has 0 N–H and O–H groups in total. The van der Waals surface area contributed by atoms with Crippen LogP contribution in [0.3, 0.4) is 0 Å². The maximum absolute atomic E-state index is 10.2. The Bertz CT molecular complexity index is 306. The van der Waals surface area contributed by atoms with Gasteiger partial charge in [-0.05, 0) is 6.07 Å². The van der Waals surface area contributed by atoms with Gasteiger partial charge in [-0.3, -0.25) is 4.98 Å². The topological polar surface area (TPSA) is 53.0 Å². The number of hydrogen-bond acceptors (Lipinski definition) is 3. The summed E-state index contributed by atoms with van der Waals surface area (Å²) in [5.41, 5.74) is -0.295. The number of aromatic nitrogens is 1. The molecule has 0 aliphatic rings. The molecule has 0 aliphatic heterocycles. The molecule has 0 spiro atoms. The molecular weight excluding hydrogens is 212 g/mol. The molecule has 58 valence electrons. The van der Waals surface area contributed by atoms with E-state index in [1.165, 1.54) is 12.3 Å². The minimum absolute atomic E-state index is 0. The maximum atomic E-state index is 10.2. The van der Waals surface area contributed by atoms with Crippen LogP contribution in [-0.4, -0.2) is 11.0 Å². The average molecular weight is 214 g/mol. The van der Waals surface area contributed by atoms with Gasteiger partial charge in [0, 0.05) is 6.20 Å². The molecule has 1 rings (SSSR count). The van der Waals surface area contributed by atoms with E-state index in [0.717, 1.165) is 0 Å². The Labute approximate surface area is 101 Å². The molecule has 0 saturated heterocycles. The Morgan fingerprint density at radius 3 is 2.50 bits per heavy atom. The van der Waals surface area contributed by atoms with E-state index in [9.17, 15) is 9.90 Å². The molecule has 0 aliphatic carbocycles. The van der Waals surface area contributed by atoms with Crippen LogP contribution in [0.25, 0.3) is 0 Å². The smallest absolute Gasteiger partial charge is 0.543 e. The molecule has 1 heterocycles. The first-order valence-corrected chi connectivity index (χ1v) is 3.39. The van der Waals surface area contributed by atoms with E-state index < -0.39 is 5.97 Å². The van der Waals surface area contributed by atoms with Gasteiger partial charge in [0.25, 0.3) is 0 Å². The van der Waals surface area contributed by atoms with Gasteiger partial charge < -0.3 is 9.90 Å². The van der Waals surface area contributed by atoms with E-state index in [1.54, 1.807) is 0 Å². The number of carboxylic acid groups (broad SMARTS) is 1. The standard InChI is InChI=1S/C6H3Cl2NO2.Na/c7-3-1-4(8)5(6(10)11)9-2-3;/h1-2H,(H,10,11);/q;+1/p-1. The van der Waals surface area contributed by atoms with Gasteiger partial charge in [-0.2, -0.15) is 0 Å². The second kappa shape index (κ2) is 5.04. The van der Waals surface area contributed by atoms with Crippen LogP contribution in [0.5, 0.6) is 0 Å². The fourth-order valence-electron chi connectivity index (χ4n) is 0.565. The first-order chi connectivity index (χ1) is 5.11. The zero-order valence-electron chi connectivity index (χ0n) is 6.17. The van der Waals surface area contributed by atoms with Crippen molar-refractivity contribution in [3.8, 4) is 0 Å². The summed E-state index contributed by atoms with van der Waals surface area (Å²) in [6, 6.07) is 1.29. The second-order valence-electron chi connectivity index (χ2n) is 1.77. The van der Waals surface area contributed by atoms with E-state index in [2.05, 4.69) is 4.98 Å². The van der Waals surface area contributed by atoms with Gasteiger partial charge in [-0.1, -0.05) is 23.2 Å². The fraction of sp³-hybridized carbons (Fsp3) is 0. The van der Waals surface area contributed by atoms with E-state index in [-0.39, 0.29) is 40.3 Å². The van der Waals surface area contributed by atoms with E-state index in [1.807, 2.05) is 0 Å². The third-order valence-electron chi connectivity index (χ3n) is 1.00.